The first-order valence-electron chi connectivity index (χ1n) is 9.12. The average molecular weight is 398 g/mol. The summed E-state index contributed by atoms with van der Waals surface area (Å²) in [4.78, 5) is 42.7. The number of fused-ring (bicyclic) bond motifs is 1. The molecule has 28 heavy (non-hydrogen) atoms. The first-order chi connectivity index (χ1) is 13.3. The molecule has 0 fully saturated rings. The van der Waals surface area contributed by atoms with Crippen molar-refractivity contribution in [2.75, 3.05) is 6.61 Å². The second kappa shape index (κ2) is 8.06. The Balaban J connectivity index is 1.92. The second-order valence-electron chi connectivity index (χ2n) is 6.83. The Hall–Kier alpha value is -2.80. The van der Waals surface area contributed by atoms with Gasteiger partial charge in [-0.05, 0) is 30.9 Å². The van der Waals surface area contributed by atoms with Crippen LogP contribution < -0.4 is 5.56 Å². The molecule has 0 aliphatic carbocycles. The van der Waals surface area contributed by atoms with Crippen molar-refractivity contribution in [3.05, 3.63) is 62.5 Å². The Bertz CT molecular complexity index is 1090. The molecule has 3 rings (SSSR count). The van der Waals surface area contributed by atoms with Crippen LogP contribution in [0.5, 0.6) is 0 Å². The van der Waals surface area contributed by atoms with Gasteiger partial charge >= 0.3 is 5.97 Å². The van der Waals surface area contributed by atoms with Crippen LogP contribution in [0.3, 0.4) is 0 Å². The molecule has 1 aromatic carbocycles. The van der Waals surface area contributed by atoms with Gasteiger partial charge in [-0.2, -0.15) is 0 Å². The second-order valence-corrected chi connectivity index (χ2v) is 7.83. The Morgan fingerprint density at radius 2 is 1.89 bits per heavy atom. The standard InChI is InChI=1S/C21H22N2O4S/c1-5-27-21(26)18-13(4)17-19(28-18)22-11-23(20(17)25)10-16(24)15-8-6-14(7-9-15)12(2)3/h6-9,11-12H,5,10H2,1-4H3. The zero-order chi connectivity index (χ0) is 20.4. The molecule has 2 aromatic heterocycles. The first-order valence-corrected chi connectivity index (χ1v) is 9.94. The van der Waals surface area contributed by atoms with Crippen molar-refractivity contribution in [2.24, 2.45) is 0 Å². The molecule has 0 unspecified atom stereocenters. The number of carbonyl (C=O) groups excluding carboxylic acids is 2. The fraction of sp³-hybridized carbons (Fsp3) is 0.333. The minimum absolute atomic E-state index is 0.104. The first kappa shape index (κ1) is 19.9. The van der Waals surface area contributed by atoms with Gasteiger partial charge in [-0.3, -0.25) is 14.2 Å². The summed E-state index contributed by atoms with van der Waals surface area (Å²) in [6.45, 7) is 7.76. The highest BCUT2D eigenvalue weighted by molar-refractivity contribution is 7.20. The van der Waals surface area contributed by atoms with Gasteiger partial charge in [-0.15, -0.1) is 11.3 Å². The summed E-state index contributed by atoms with van der Waals surface area (Å²) >= 11 is 1.13. The molecule has 0 saturated carbocycles. The number of aromatic nitrogens is 2. The van der Waals surface area contributed by atoms with Gasteiger partial charge in [0, 0.05) is 5.56 Å². The summed E-state index contributed by atoms with van der Waals surface area (Å²) in [6.07, 6.45) is 1.36. The van der Waals surface area contributed by atoms with Crippen molar-refractivity contribution in [1.29, 1.82) is 0 Å². The van der Waals surface area contributed by atoms with E-state index >= 15 is 0 Å². The fourth-order valence-corrected chi connectivity index (χ4v) is 4.00. The number of nitrogens with zero attached hydrogens (tertiary/aromatic N) is 2. The molecule has 3 aromatic rings. The van der Waals surface area contributed by atoms with E-state index in [1.807, 2.05) is 12.1 Å². The van der Waals surface area contributed by atoms with E-state index in [4.69, 9.17) is 4.74 Å². The molecule has 0 spiro atoms. The van der Waals surface area contributed by atoms with Crippen molar-refractivity contribution in [1.82, 2.24) is 9.55 Å². The van der Waals surface area contributed by atoms with Crippen LogP contribution in [0.4, 0.5) is 0 Å². The van der Waals surface area contributed by atoms with Crippen LogP contribution in [-0.2, 0) is 11.3 Å². The van der Waals surface area contributed by atoms with Crippen LogP contribution in [0.25, 0.3) is 10.2 Å². The molecule has 146 valence electrons. The lowest BCUT2D eigenvalue weighted by Crippen LogP contribution is -2.24. The average Bonchev–Trinajstić information content (AvgIpc) is 3.01. The lowest BCUT2D eigenvalue weighted by atomic mass is 10.0. The Kier molecular flexibility index (Phi) is 5.74. The van der Waals surface area contributed by atoms with Crippen LogP contribution in [0, 0.1) is 6.92 Å². The van der Waals surface area contributed by atoms with Crippen LogP contribution in [0.2, 0.25) is 0 Å². The van der Waals surface area contributed by atoms with Crippen molar-refractivity contribution >= 4 is 33.3 Å². The monoisotopic (exact) mass is 398 g/mol. The van der Waals surface area contributed by atoms with Crippen molar-refractivity contribution in [3.63, 3.8) is 0 Å². The Morgan fingerprint density at radius 1 is 1.21 bits per heavy atom. The molecular formula is C21H22N2O4S. The smallest absolute Gasteiger partial charge is 0.348 e. The number of rotatable bonds is 6. The highest BCUT2D eigenvalue weighted by Crippen LogP contribution is 2.27. The van der Waals surface area contributed by atoms with E-state index in [2.05, 4.69) is 18.8 Å². The lowest BCUT2D eigenvalue weighted by molar-refractivity contribution is 0.0531. The maximum absolute atomic E-state index is 12.9. The van der Waals surface area contributed by atoms with Gasteiger partial charge < -0.3 is 4.74 Å². The number of hydrogen-bond acceptors (Lipinski definition) is 6. The molecule has 0 N–H and O–H groups in total. The number of benzene rings is 1. The largest absolute Gasteiger partial charge is 0.462 e. The van der Waals surface area contributed by atoms with Crippen molar-refractivity contribution in [3.8, 4) is 0 Å². The maximum Gasteiger partial charge on any atom is 0.348 e. The summed E-state index contributed by atoms with van der Waals surface area (Å²) in [7, 11) is 0. The summed E-state index contributed by atoms with van der Waals surface area (Å²) in [5.74, 6) is -0.249. The van der Waals surface area contributed by atoms with E-state index in [9.17, 15) is 14.4 Å². The van der Waals surface area contributed by atoms with E-state index in [1.165, 1.54) is 10.9 Å². The van der Waals surface area contributed by atoms with Gasteiger partial charge in [0.15, 0.2) is 5.78 Å². The number of esters is 1. The van der Waals surface area contributed by atoms with Gasteiger partial charge in [-0.1, -0.05) is 38.1 Å². The number of hydrogen-bond donors (Lipinski definition) is 0. The summed E-state index contributed by atoms with van der Waals surface area (Å²) in [6, 6.07) is 7.42. The van der Waals surface area contributed by atoms with Gasteiger partial charge in [0.05, 0.1) is 24.9 Å². The molecule has 6 nitrogen and oxygen atoms in total. The van der Waals surface area contributed by atoms with E-state index in [1.54, 1.807) is 26.0 Å². The molecule has 0 aliphatic rings. The third kappa shape index (κ3) is 3.75. The minimum Gasteiger partial charge on any atom is -0.462 e. The third-order valence-electron chi connectivity index (χ3n) is 4.59. The van der Waals surface area contributed by atoms with Gasteiger partial charge in [-0.25, -0.2) is 9.78 Å². The minimum atomic E-state index is -0.463. The third-order valence-corrected chi connectivity index (χ3v) is 5.77. The molecular weight excluding hydrogens is 376 g/mol. The predicted molar refractivity (Wildman–Crippen MR) is 109 cm³/mol. The topological polar surface area (TPSA) is 78.3 Å². The number of ketones is 1. The van der Waals surface area contributed by atoms with E-state index in [0.29, 0.717) is 32.1 Å². The number of carbonyl (C=O) groups is 2. The SMILES string of the molecule is CCOC(=O)c1sc2ncn(CC(=O)c3ccc(C(C)C)cc3)c(=O)c2c1C. The van der Waals surface area contributed by atoms with E-state index in [-0.39, 0.29) is 24.5 Å². The Labute approximate surface area is 166 Å². The number of thiophene rings is 1. The van der Waals surface area contributed by atoms with Gasteiger partial charge in [0.2, 0.25) is 0 Å². The number of ether oxygens (including phenoxy) is 1. The Morgan fingerprint density at radius 3 is 2.50 bits per heavy atom. The molecule has 0 radical (unpaired) electrons. The zero-order valence-electron chi connectivity index (χ0n) is 16.3. The van der Waals surface area contributed by atoms with Crippen molar-refractivity contribution in [2.45, 2.75) is 40.2 Å². The predicted octanol–water partition coefficient (Wildman–Crippen LogP) is 3.95. The number of Topliss-reactive ketones (excluding diaryl/α,β-unsaturated/α-hetero) is 1. The normalized spacial score (nSPS) is 11.2. The van der Waals surface area contributed by atoms with Gasteiger partial charge in [0.1, 0.15) is 9.71 Å². The van der Waals surface area contributed by atoms with Crippen LogP contribution in [0.1, 0.15) is 57.8 Å². The van der Waals surface area contributed by atoms with Crippen molar-refractivity contribution < 1.29 is 14.3 Å². The number of aryl methyl sites for hydroxylation is 1. The fourth-order valence-electron chi connectivity index (χ4n) is 2.96. The molecule has 0 saturated heterocycles. The molecule has 0 aliphatic heterocycles. The van der Waals surface area contributed by atoms with Crippen LogP contribution in [-0.4, -0.2) is 27.9 Å². The highest BCUT2D eigenvalue weighted by Gasteiger charge is 2.21. The van der Waals surface area contributed by atoms with Gasteiger partial charge in [0.25, 0.3) is 5.56 Å². The molecule has 0 atom stereocenters. The summed E-state index contributed by atoms with van der Waals surface area (Å²) < 4.78 is 6.33. The summed E-state index contributed by atoms with van der Waals surface area (Å²) in [5, 5.41) is 0.360. The molecule has 2 heterocycles. The van der Waals surface area contributed by atoms with E-state index < -0.39 is 5.97 Å². The summed E-state index contributed by atoms with van der Waals surface area (Å²) in [5.41, 5.74) is 1.91. The zero-order valence-corrected chi connectivity index (χ0v) is 17.1. The van der Waals surface area contributed by atoms with Crippen LogP contribution >= 0.6 is 11.3 Å². The van der Waals surface area contributed by atoms with E-state index in [0.717, 1.165) is 16.9 Å². The molecule has 0 bridgehead atoms. The quantitative estimate of drug-likeness (QED) is 0.464. The van der Waals surface area contributed by atoms with Crippen LogP contribution in [0.15, 0.2) is 35.4 Å². The maximum atomic E-state index is 12.9. The molecule has 7 heteroatoms. The molecule has 0 amide bonds. The lowest BCUT2D eigenvalue weighted by Gasteiger charge is -2.08. The highest BCUT2D eigenvalue weighted by atomic mass is 32.1.